The van der Waals surface area contributed by atoms with Crippen LogP contribution in [0.1, 0.15) is 49.0 Å². The van der Waals surface area contributed by atoms with Crippen LogP contribution in [0.5, 0.6) is 0 Å². The molecule has 1 aromatic heterocycles. The number of carbonyl (C=O) groups is 1. The van der Waals surface area contributed by atoms with Gasteiger partial charge >= 0.3 is 12.2 Å². The first-order chi connectivity index (χ1) is 16.5. The standard InChI is InChI=1S/C24H21F3N4O3S/c1-3-16-5-4-6-19-21(16)22(17-9-7-15(14-28)8-10-17)31(35(2,33)34)23(32)30(19)18-11-12-29-20(13-18)24(25,26)27/h3,7-13,22H,4-6H2,1-2H3. The summed E-state index contributed by atoms with van der Waals surface area (Å²) < 4.78 is 66.8. The van der Waals surface area contributed by atoms with Gasteiger partial charge in [0.25, 0.3) is 0 Å². The molecule has 2 aromatic rings. The molecule has 2 heterocycles. The summed E-state index contributed by atoms with van der Waals surface area (Å²) in [6.45, 7) is 1.79. The number of hydrogen-bond acceptors (Lipinski definition) is 5. The second-order valence-corrected chi connectivity index (χ2v) is 10.1. The molecule has 0 N–H and O–H groups in total. The molecule has 2 aliphatic rings. The van der Waals surface area contributed by atoms with Crippen molar-refractivity contribution in [2.75, 3.05) is 11.2 Å². The summed E-state index contributed by atoms with van der Waals surface area (Å²) in [5, 5.41) is 9.15. The first-order valence-electron chi connectivity index (χ1n) is 10.7. The zero-order chi connectivity index (χ0) is 25.5. The molecule has 0 radical (unpaired) electrons. The maximum Gasteiger partial charge on any atom is 0.433 e. The minimum absolute atomic E-state index is 0.117. The second-order valence-electron chi connectivity index (χ2n) is 8.24. The number of amides is 2. The number of alkyl halides is 3. The van der Waals surface area contributed by atoms with Gasteiger partial charge in [-0.2, -0.15) is 18.4 Å². The number of carbonyl (C=O) groups excluding carboxylic acids is 1. The van der Waals surface area contributed by atoms with Crippen LogP contribution < -0.4 is 4.90 Å². The quantitative estimate of drug-likeness (QED) is 0.568. The zero-order valence-corrected chi connectivity index (χ0v) is 19.7. The molecule has 1 aliphatic carbocycles. The molecular weight excluding hydrogens is 481 g/mol. The summed E-state index contributed by atoms with van der Waals surface area (Å²) >= 11 is 0. The van der Waals surface area contributed by atoms with Crippen molar-refractivity contribution in [3.63, 3.8) is 0 Å². The second kappa shape index (κ2) is 8.85. The summed E-state index contributed by atoms with van der Waals surface area (Å²) in [6.07, 6.45) is 0.540. The van der Waals surface area contributed by atoms with E-state index in [1.807, 2.05) is 12.1 Å². The van der Waals surface area contributed by atoms with Crippen LogP contribution in [0.2, 0.25) is 0 Å². The van der Waals surface area contributed by atoms with Gasteiger partial charge in [0.05, 0.1) is 23.6 Å². The van der Waals surface area contributed by atoms with Crippen molar-refractivity contribution in [3.8, 4) is 6.07 Å². The molecule has 182 valence electrons. The molecule has 0 saturated carbocycles. The van der Waals surface area contributed by atoms with Gasteiger partial charge in [0, 0.05) is 17.5 Å². The van der Waals surface area contributed by atoms with E-state index in [2.05, 4.69) is 4.98 Å². The molecular formula is C24H21F3N4O3S. The van der Waals surface area contributed by atoms with E-state index in [-0.39, 0.29) is 5.69 Å². The highest BCUT2D eigenvalue weighted by Crippen LogP contribution is 2.48. The van der Waals surface area contributed by atoms with Crippen molar-refractivity contribution < 1.29 is 26.4 Å². The van der Waals surface area contributed by atoms with Gasteiger partial charge < -0.3 is 0 Å². The molecule has 35 heavy (non-hydrogen) atoms. The molecule has 1 aromatic carbocycles. The summed E-state index contributed by atoms with van der Waals surface area (Å²) in [4.78, 5) is 18.2. The Morgan fingerprint density at radius 3 is 2.43 bits per heavy atom. The lowest BCUT2D eigenvalue weighted by molar-refractivity contribution is -0.141. The Balaban J connectivity index is 2.02. The highest BCUT2D eigenvalue weighted by Gasteiger charge is 2.47. The first kappa shape index (κ1) is 24.5. The van der Waals surface area contributed by atoms with Gasteiger partial charge in [-0.05, 0) is 61.6 Å². The molecule has 0 bridgehead atoms. The third-order valence-corrected chi connectivity index (χ3v) is 7.11. The predicted molar refractivity (Wildman–Crippen MR) is 122 cm³/mol. The average Bonchev–Trinajstić information content (AvgIpc) is 2.81. The van der Waals surface area contributed by atoms with Gasteiger partial charge in [-0.25, -0.2) is 17.5 Å². The van der Waals surface area contributed by atoms with E-state index in [1.165, 1.54) is 18.2 Å². The van der Waals surface area contributed by atoms with Crippen LogP contribution in [0.15, 0.2) is 65.5 Å². The topological polar surface area (TPSA) is 94.4 Å². The maximum atomic E-state index is 13.8. The third-order valence-electron chi connectivity index (χ3n) is 6.03. The first-order valence-corrected chi connectivity index (χ1v) is 12.6. The van der Waals surface area contributed by atoms with Gasteiger partial charge in [0.15, 0.2) is 0 Å². The Morgan fingerprint density at radius 1 is 1.17 bits per heavy atom. The van der Waals surface area contributed by atoms with Crippen molar-refractivity contribution in [1.82, 2.24) is 9.29 Å². The summed E-state index contributed by atoms with van der Waals surface area (Å²) in [7, 11) is -4.17. The molecule has 2 amide bonds. The molecule has 1 aliphatic heterocycles. The van der Waals surface area contributed by atoms with Crippen LogP contribution in [-0.4, -0.2) is 30.0 Å². The fraction of sp³-hybridized carbons (Fsp3) is 0.292. The lowest BCUT2D eigenvalue weighted by atomic mass is 9.81. The van der Waals surface area contributed by atoms with Gasteiger partial charge in [0.1, 0.15) is 11.7 Å². The van der Waals surface area contributed by atoms with E-state index in [4.69, 9.17) is 5.26 Å². The number of benzene rings is 1. The molecule has 0 fully saturated rings. The smallest absolute Gasteiger partial charge is 0.265 e. The fourth-order valence-electron chi connectivity index (χ4n) is 4.56. The van der Waals surface area contributed by atoms with Crippen LogP contribution >= 0.6 is 0 Å². The monoisotopic (exact) mass is 502 g/mol. The summed E-state index contributed by atoms with van der Waals surface area (Å²) in [5.74, 6) is 0. The van der Waals surface area contributed by atoms with Gasteiger partial charge in [0.2, 0.25) is 10.0 Å². The largest absolute Gasteiger partial charge is 0.433 e. The van der Waals surface area contributed by atoms with E-state index in [0.29, 0.717) is 46.0 Å². The van der Waals surface area contributed by atoms with Crippen molar-refractivity contribution in [3.05, 3.63) is 82.3 Å². The number of sulfonamides is 1. The number of allylic oxidation sites excluding steroid dienone is 2. The average molecular weight is 503 g/mol. The minimum atomic E-state index is -4.74. The van der Waals surface area contributed by atoms with Crippen LogP contribution in [-0.2, 0) is 16.2 Å². The number of nitrogens with zero attached hydrogens (tertiary/aromatic N) is 4. The van der Waals surface area contributed by atoms with E-state index < -0.39 is 34.0 Å². The number of aromatic nitrogens is 1. The van der Waals surface area contributed by atoms with E-state index in [0.717, 1.165) is 29.0 Å². The Hall–Kier alpha value is -3.65. The third kappa shape index (κ3) is 4.41. The zero-order valence-electron chi connectivity index (χ0n) is 18.9. The Kier molecular flexibility index (Phi) is 6.19. The molecule has 1 unspecified atom stereocenters. The highest BCUT2D eigenvalue weighted by atomic mass is 32.2. The van der Waals surface area contributed by atoms with E-state index in [9.17, 15) is 26.4 Å². The van der Waals surface area contributed by atoms with Crippen LogP contribution in [0, 0.1) is 11.3 Å². The van der Waals surface area contributed by atoms with Gasteiger partial charge in [-0.3, -0.25) is 9.88 Å². The van der Waals surface area contributed by atoms with Gasteiger partial charge in [-0.1, -0.05) is 18.2 Å². The van der Waals surface area contributed by atoms with Crippen molar-refractivity contribution >= 4 is 21.7 Å². The maximum absolute atomic E-state index is 13.8. The predicted octanol–water partition coefficient (Wildman–Crippen LogP) is 5.30. The Labute approximate surface area is 200 Å². The summed E-state index contributed by atoms with van der Waals surface area (Å²) in [5.41, 5.74) is 1.34. The number of halogens is 3. The van der Waals surface area contributed by atoms with Crippen LogP contribution in [0.4, 0.5) is 23.7 Å². The lowest BCUT2D eigenvalue weighted by Gasteiger charge is -2.45. The van der Waals surface area contributed by atoms with Crippen molar-refractivity contribution in [2.45, 2.75) is 38.4 Å². The van der Waals surface area contributed by atoms with Crippen molar-refractivity contribution in [2.24, 2.45) is 0 Å². The molecule has 4 rings (SSSR count). The molecule has 11 heteroatoms. The minimum Gasteiger partial charge on any atom is -0.265 e. The number of hydrogen-bond donors (Lipinski definition) is 0. The molecule has 0 spiro atoms. The normalized spacial score (nSPS) is 20.2. The number of anilines is 1. The number of rotatable bonds is 3. The Bertz CT molecular complexity index is 1390. The van der Waals surface area contributed by atoms with Crippen LogP contribution in [0.25, 0.3) is 0 Å². The summed E-state index contributed by atoms with van der Waals surface area (Å²) in [6, 6.07) is 8.24. The van der Waals surface area contributed by atoms with E-state index in [1.54, 1.807) is 19.1 Å². The SMILES string of the molecule is CC=C1CCCC2=C1C(c1ccc(C#N)cc1)N(S(C)(=O)=O)C(=O)N2c1ccnc(C(F)(F)F)c1. The molecule has 1 atom stereocenters. The molecule has 0 saturated heterocycles. The lowest BCUT2D eigenvalue weighted by Crippen LogP contribution is -2.53. The van der Waals surface area contributed by atoms with Gasteiger partial charge in [-0.15, -0.1) is 0 Å². The van der Waals surface area contributed by atoms with E-state index >= 15 is 0 Å². The van der Waals surface area contributed by atoms with Crippen molar-refractivity contribution in [1.29, 1.82) is 5.26 Å². The number of urea groups is 1. The fourth-order valence-corrected chi connectivity index (χ4v) is 5.54. The number of nitriles is 1. The van der Waals surface area contributed by atoms with Crippen LogP contribution in [0.3, 0.4) is 0 Å². The number of pyridine rings is 1. The highest BCUT2D eigenvalue weighted by molar-refractivity contribution is 7.88. The molecule has 7 nitrogen and oxygen atoms in total. The Morgan fingerprint density at radius 2 is 1.86 bits per heavy atom.